The third-order valence-electron chi connectivity index (χ3n) is 3.59. The van der Waals surface area contributed by atoms with Crippen molar-refractivity contribution in [3.05, 3.63) is 65.5 Å². The van der Waals surface area contributed by atoms with Gasteiger partial charge in [0.2, 0.25) is 0 Å². The number of rotatable bonds is 3. The van der Waals surface area contributed by atoms with Gasteiger partial charge in [0.1, 0.15) is 0 Å². The molecule has 3 heteroatoms. The molecule has 0 spiro atoms. The Kier molecular flexibility index (Phi) is 6.47. The van der Waals surface area contributed by atoms with Gasteiger partial charge in [0.25, 0.3) is 0 Å². The van der Waals surface area contributed by atoms with Crippen LogP contribution in [-0.4, -0.2) is 9.91 Å². The van der Waals surface area contributed by atoms with Crippen molar-refractivity contribution in [1.29, 1.82) is 0 Å². The molecular formula is C17H21IN2. The van der Waals surface area contributed by atoms with Crippen LogP contribution in [0.4, 0.5) is 0 Å². The molecule has 1 unspecified atom stereocenters. The Hall–Kier alpha value is -0.940. The highest BCUT2D eigenvalue weighted by molar-refractivity contribution is 14.1. The monoisotopic (exact) mass is 380 g/mol. The van der Waals surface area contributed by atoms with E-state index >= 15 is 0 Å². The van der Waals surface area contributed by atoms with Crippen molar-refractivity contribution in [2.45, 2.75) is 31.8 Å². The summed E-state index contributed by atoms with van der Waals surface area (Å²) in [5.74, 6) is 0. The predicted octanol–water partition coefficient (Wildman–Crippen LogP) is 4.30. The van der Waals surface area contributed by atoms with Gasteiger partial charge in [0.15, 0.2) is 0 Å². The van der Waals surface area contributed by atoms with Crippen molar-refractivity contribution in [3.8, 4) is 0 Å². The van der Waals surface area contributed by atoms with Gasteiger partial charge in [-0.3, -0.25) is 4.98 Å². The summed E-state index contributed by atoms with van der Waals surface area (Å²) in [6.07, 6.45) is 5.52. The van der Waals surface area contributed by atoms with Gasteiger partial charge in [-0.05, 0) is 41.4 Å². The average molecular weight is 380 g/mol. The molecule has 0 saturated heterocycles. The topological polar surface area (TPSA) is 24.9 Å². The standard InChI is InChI=1S/C16H18N2.CH3I/c1-2-6-13(7-3-1)12-18-15-10-4-8-14-9-5-11-17-16(14)15;1-2/h1-3,5-7,9,11,15,18H,4,8,10,12H2;1H3. The Balaban J connectivity index is 0.000000704. The van der Waals surface area contributed by atoms with E-state index in [1.807, 2.05) is 17.2 Å². The van der Waals surface area contributed by atoms with E-state index in [0.717, 1.165) is 6.54 Å². The second-order valence-corrected chi connectivity index (χ2v) is 4.86. The lowest BCUT2D eigenvalue weighted by Crippen LogP contribution is -2.25. The quantitative estimate of drug-likeness (QED) is 0.635. The van der Waals surface area contributed by atoms with E-state index in [1.165, 1.54) is 36.1 Å². The highest BCUT2D eigenvalue weighted by Crippen LogP contribution is 2.27. The number of aryl methyl sites for hydroxylation is 1. The summed E-state index contributed by atoms with van der Waals surface area (Å²) < 4.78 is 0. The number of fused-ring (bicyclic) bond motifs is 1. The minimum atomic E-state index is 0.412. The Bertz CT molecular complexity index is 513. The highest BCUT2D eigenvalue weighted by Gasteiger charge is 2.20. The molecule has 2 aromatic rings. The Labute approximate surface area is 135 Å². The molecule has 0 fully saturated rings. The first kappa shape index (κ1) is 15.4. The van der Waals surface area contributed by atoms with Crippen molar-refractivity contribution in [2.24, 2.45) is 0 Å². The van der Waals surface area contributed by atoms with Crippen molar-refractivity contribution in [1.82, 2.24) is 10.3 Å². The van der Waals surface area contributed by atoms with Crippen molar-refractivity contribution >= 4 is 22.6 Å². The van der Waals surface area contributed by atoms with Crippen molar-refractivity contribution < 1.29 is 0 Å². The van der Waals surface area contributed by atoms with E-state index in [-0.39, 0.29) is 0 Å². The summed E-state index contributed by atoms with van der Waals surface area (Å²) in [4.78, 5) is 6.52. The van der Waals surface area contributed by atoms with Crippen LogP contribution in [0.5, 0.6) is 0 Å². The molecule has 2 nitrogen and oxygen atoms in total. The Morgan fingerprint density at radius 3 is 2.75 bits per heavy atom. The summed E-state index contributed by atoms with van der Waals surface area (Å²) in [5.41, 5.74) is 3.99. The lowest BCUT2D eigenvalue weighted by Gasteiger charge is -2.25. The first-order chi connectivity index (χ1) is 9.93. The molecule has 1 N–H and O–H groups in total. The van der Waals surface area contributed by atoms with Crippen molar-refractivity contribution in [2.75, 3.05) is 4.93 Å². The smallest absolute Gasteiger partial charge is 0.0605 e. The molecule has 1 aliphatic carbocycles. The molecule has 1 heterocycles. The third-order valence-corrected chi connectivity index (χ3v) is 3.59. The largest absolute Gasteiger partial charge is 0.305 e. The Morgan fingerprint density at radius 2 is 1.95 bits per heavy atom. The molecule has 1 aromatic heterocycles. The van der Waals surface area contributed by atoms with Gasteiger partial charge in [-0.15, -0.1) is 0 Å². The first-order valence-electron chi connectivity index (χ1n) is 7.02. The molecule has 1 aromatic carbocycles. The molecule has 106 valence electrons. The number of benzene rings is 1. The van der Waals surface area contributed by atoms with E-state index in [0.29, 0.717) is 6.04 Å². The number of halogens is 1. The number of hydrogen-bond donors (Lipinski definition) is 1. The van der Waals surface area contributed by atoms with Gasteiger partial charge in [0, 0.05) is 12.7 Å². The van der Waals surface area contributed by atoms with Gasteiger partial charge >= 0.3 is 0 Å². The molecule has 3 rings (SSSR count). The van der Waals surface area contributed by atoms with Crippen LogP contribution in [0, 0.1) is 0 Å². The van der Waals surface area contributed by atoms with Gasteiger partial charge in [0.05, 0.1) is 11.7 Å². The van der Waals surface area contributed by atoms with Crippen LogP contribution in [0.1, 0.15) is 35.7 Å². The zero-order chi connectivity index (χ0) is 14.2. The number of pyridine rings is 1. The predicted molar refractivity (Wildman–Crippen MR) is 93.1 cm³/mol. The molecular weight excluding hydrogens is 359 g/mol. The molecule has 20 heavy (non-hydrogen) atoms. The second-order valence-electron chi connectivity index (χ2n) is 4.86. The number of aromatic nitrogens is 1. The number of nitrogens with one attached hydrogen (secondary N) is 1. The number of hydrogen-bond acceptors (Lipinski definition) is 2. The molecule has 0 saturated carbocycles. The minimum Gasteiger partial charge on any atom is -0.305 e. The third kappa shape index (κ3) is 4.03. The minimum absolute atomic E-state index is 0.412. The summed E-state index contributed by atoms with van der Waals surface area (Å²) in [5, 5.41) is 3.63. The van der Waals surface area contributed by atoms with E-state index in [9.17, 15) is 0 Å². The summed E-state index contributed by atoms with van der Waals surface area (Å²) in [6.45, 7) is 0.918. The molecule has 0 amide bonds. The molecule has 1 aliphatic rings. The zero-order valence-electron chi connectivity index (χ0n) is 11.8. The zero-order valence-corrected chi connectivity index (χ0v) is 14.0. The van der Waals surface area contributed by atoms with E-state index in [1.54, 1.807) is 0 Å². The van der Waals surface area contributed by atoms with Crippen LogP contribution in [0.3, 0.4) is 0 Å². The van der Waals surface area contributed by atoms with Crippen LogP contribution >= 0.6 is 22.6 Å². The van der Waals surface area contributed by atoms with Crippen molar-refractivity contribution in [3.63, 3.8) is 0 Å². The van der Waals surface area contributed by atoms with Crippen LogP contribution in [-0.2, 0) is 13.0 Å². The first-order valence-corrected chi connectivity index (χ1v) is 9.18. The second kappa shape index (κ2) is 8.37. The molecule has 1 atom stereocenters. The number of alkyl halides is 1. The van der Waals surface area contributed by atoms with Crippen LogP contribution in [0.25, 0.3) is 0 Å². The van der Waals surface area contributed by atoms with E-state index < -0.39 is 0 Å². The normalized spacial score (nSPS) is 16.8. The van der Waals surface area contributed by atoms with Gasteiger partial charge in [-0.25, -0.2) is 0 Å². The van der Waals surface area contributed by atoms with Gasteiger partial charge in [-0.2, -0.15) is 0 Å². The lowest BCUT2D eigenvalue weighted by molar-refractivity contribution is 0.447. The average Bonchev–Trinajstić information content (AvgIpc) is 2.56. The fourth-order valence-electron chi connectivity index (χ4n) is 2.64. The molecule has 0 aliphatic heterocycles. The van der Waals surface area contributed by atoms with Crippen LogP contribution < -0.4 is 5.32 Å². The van der Waals surface area contributed by atoms with Gasteiger partial charge < -0.3 is 5.32 Å². The SMILES string of the molecule is CI.c1ccc(CNC2CCCc3cccnc32)cc1. The fourth-order valence-corrected chi connectivity index (χ4v) is 2.64. The highest BCUT2D eigenvalue weighted by atomic mass is 127. The maximum Gasteiger partial charge on any atom is 0.0605 e. The lowest BCUT2D eigenvalue weighted by atomic mass is 9.92. The molecule has 0 bridgehead atoms. The number of nitrogens with zero attached hydrogens (tertiary/aromatic N) is 1. The fraction of sp³-hybridized carbons (Fsp3) is 0.353. The molecule has 0 radical (unpaired) electrons. The van der Waals surface area contributed by atoms with E-state index in [4.69, 9.17) is 0 Å². The van der Waals surface area contributed by atoms with Gasteiger partial charge in [-0.1, -0.05) is 59.0 Å². The summed E-state index contributed by atoms with van der Waals surface area (Å²) in [6, 6.07) is 15.2. The van der Waals surface area contributed by atoms with Crippen LogP contribution in [0.2, 0.25) is 0 Å². The summed E-state index contributed by atoms with van der Waals surface area (Å²) in [7, 11) is 0. The maximum absolute atomic E-state index is 4.55. The Morgan fingerprint density at radius 1 is 1.15 bits per heavy atom. The van der Waals surface area contributed by atoms with Crippen LogP contribution in [0.15, 0.2) is 48.7 Å². The van der Waals surface area contributed by atoms with E-state index in [2.05, 4.69) is 69.3 Å². The summed E-state index contributed by atoms with van der Waals surface area (Å²) >= 11 is 2.15. The maximum atomic E-state index is 4.55.